The molecule has 0 spiro atoms. The molecule has 5 aliphatic rings. The third kappa shape index (κ3) is 2.28. The summed E-state index contributed by atoms with van der Waals surface area (Å²) in [4.78, 5) is 0. The number of allylic oxidation sites excluding steroid dienone is 2. The molecule has 7 unspecified atom stereocenters. The van der Waals surface area contributed by atoms with E-state index in [0.717, 1.165) is 47.2 Å². The Bertz CT molecular complexity index is 727. The minimum Gasteiger partial charge on any atom is -0.488 e. The van der Waals surface area contributed by atoms with E-state index in [0.29, 0.717) is 0 Å². The number of ether oxygens (including phenoxy) is 1. The van der Waals surface area contributed by atoms with E-state index < -0.39 is 0 Å². The van der Waals surface area contributed by atoms with Crippen LogP contribution in [-0.4, -0.2) is 5.60 Å². The van der Waals surface area contributed by atoms with E-state index in [2.05, 4.69) is 43.3 Å². The van der Waals surface area contributed by atoms with Crippen molar-refractivity contribution in [3.8, 4) is 5.75 Å². The van der Waals surface area contributed by atoms with Gasteiger partial charge in [-0.2, -0.15) is 0 Å². The third-order valence-electron chi connectivity index (χ3n) is 8.83. The van der Waals surface area contributed by atoms with Gasteiger partial charge in [0, 0.05) is 0 Å². The molecule has 7 atom stereocenters. The molecular weight excluding hydrogens is 316 g/mol. The van der Waals surface area contributed by atoms with Gasteiger partial charge in [0.25, 0.3) is 0 Å². The minimum absolute atomic E-state index is 0.0616. The summed E-state index contributed by atoms with van der Waals surface area (Å²) in [5, 5.41) is 0. The zero-order chi connectivity index (χ0) is 17.3. The maximum absolute atomic E-state index is 6.55. The molecule has 0 saturated heterocycles. The van der Waals surface area contributed by atoms with Gasteiger partial charge in [0.15, 0.2) is 0 Å². The average molecular weight is 349 g/mol. The number of hydrogen-bond acceptors (Lipinski definition) is 1. The second kappa shape index (κ2) is 5.63. The average Bonchev–Trinajstić information content (AvgIpc) is 3.41. The first kappa shape index (κ1) is 15.8. The predicted octanol–water partition coefficient (Wildman–Crippen LogP) is 6.35. The zero-order valence-corrected chi connectivity index (χ0v) is 16.1. The highest BCUT2D eigenvalue weighted by Crippen LogP contribution is 2.68. The highest BCUT2D eigenvalue weighted by Gasteiger charge is 2.61. The molecule has 0 amide bonds. The van der Waals surface area contributed by atoms with E-state index in [1.807, 2.05) is 0 Å². The smallest absolute Gasteiger partial charge is 0.120 e. The number of fused-ring (bicyclic) bond motifs is 9. The minimum atomic E-state index is 0.0616. The van der Waals surface area contributed by atoms with Crippen LogP contribution < -0.4 is 4.74 Å². The van der Waals surface area contributed by atoms with Crippen LogP contribution in [0.1, 0.15) is 69.8 Å². The summed E-state index contributed by atoms with van der Waals surface area (Å²) in [6, 6.07) is 9.24. The van der Waals surface area contributed by atoms with Crippen molar-refractivity contribution in [1.82, 2.24) is 0 Å². The van der Waals surface area contributed by atoms with Gasteiger partial charge in [-0.15, -0.1) is 0 Å². The lowest BCUT2D eigenvalue weighted by molar-refractivity contribution is 0.0485. The molecule has 1 heteroatoms. The Morgan fingerprint density at radius 3 is 2.58 bits per heavy atom. The lowest BCUT2D eigenvalue weighted by Crippen LogP contribution is -2.34. The molecular formula is C25H32O. The summed E-state index contributed by atoms with van der Waals surface area (Å²) < 4.78 is 6.55. The largest absolute Gasteiger partial charge is 0.488 e. The summed E-state index contributed by atoms with van der Waals surface area (Å²) in [5.74, 6) is 7.71. The molecule has 0 aliphatic heterocycles. The van der Waals surface area contributed by atoms with E-state index in [1.165, 1.54) is 51.4 Å². The quantitative estimate of drug-likeness (QED) is 0.457. The van der Waals surface area contributed by atoms with Crippen molar-refractivity contribution in [2.45, 2.75) is 69.8 Å². The molecule has 0 N–H and O–H groups in total. The summed E-state index contributed by atoms with van der Waals surface area (Å²) in [6.07, 6.45) is 16.0. The van der Waals surface area contributed by atoms with Crippen molar-refractivity contribution in [3.63, 3.8) is 0 Å². The first-order valence-electron chi connectivity index (χ1n) is 11.2. The van der Waals surface area contributed by atoms with Gasteiger partial charge >= 0.3 is 0 Å². The van der Waals surface area contributed by atoms with Crippen LogP contribution in [0.4, 0.5) is 0 Å². The molecule has 0 radical (unpaired) electrons. The van der Waals surface area contributed by atoms with E-state index in [9.17, 15) is 0 Å². The van der Waals surface area contributed by atoms with Gasteiger partial charge in [-0.25, -0.2) is 0 Å². The highest BCUT2D eigenvalue weighted by atomic mass is 16.5. The normalized spacial score (nSPS) is 44.4. The molecule has 1 aromatic carbocycles. The fraction of sp³-hybridized carbons (Fsp3) is 0.680. The molecule has 0 heterocycles. The molecule has 4 fully saturated rings. The van der Waals surface area contributed by atoms with Crippen LogP contribution in [0.5, 0.6) is 5.75 Å². The predicted molar refractivity (Wildman–Crippen MR) is 105 cm³/mol. The molecule has 1 nitrogen and oxygen atoms in total. The summed E-state index contributed by atoms with van der Waals surface area (Å²) >= 11 is 0. The summed E-state index contributed by atoms with van der Waals surface area (Å²) in [6.45, 7) is 2.32. The number of benzene rings is 1. The van der Waals surface area contributed by atoms with E-state index in [4.69, 9.17) is 4.74 Å². The molecule has 5 aliphatic carbocycles. The van der Waals surface area contributed by atoms with Crippen LogP contribution in [0.15, 0.2) is 36.4 Å². The van der Waals surface area contributed by atoms with Crippen molar-refractivity contribution in [3.05, 3.63) is 42.0 Å². The van der Waals surface area contributed by atoms with Gasteiger partial charge in [-0.3, -0.25) is 0 Å². The molecule has 26 heavy (non-hydrogen) atoms. The molecule has 4 saturated carbocycles. The molecule has 4 bridgehead atoms. The lowest BCUT2D eigenvalue weighted by Gasteiger charge is -2.37. The summed E-state index contributed by atoms with van der Waals surface area (Å²) in [7, 11) is 0. The van der Waals surface area contributed by atoms with E-state index >= 15 is 0 Å². The SMILES string of the molecule is CC1(Oc2cccc(C3CC4CC3C3C5C=CC(C5)C43)c2)CCCCC1. The van der Waals surface area contributed by atoms with Crippen molar-refractivity contribution in [1.29, 1.82) is 0 Å². The topological polar surface area (TPSA) is 9.23 Å². The van der Waals surface area contributed by atoms with Gasteiger partial charge < -0.3 is 4.74 Å². The molecule has 6 rings (SSSR count). The fourth-order valence-corrected chi connectivity index (χ4v) is 7.89. The Kier molecular flexibility index (Phi) is 3.42. The third-order valence-corrected chi connectivity index (χ3v) is 8.83. The van der Waals surface area contributed by atoms with E-state index in [-0.39, 0.29) is 5.60 Å². The molecule has 1 aromatic rings. The zero-order valence-electron chi connectivity index (χ0n) is 16.1. The van der Waals surface area contributed by atoms with Gasteiger partial charge in [-0.1, -0.05) is 30.7 Å². The Balaban J connectivity index is 1.24. The maximum atomic E-state index is 6.55. The number of hydrogen-bond donors (Lipinski definition) is 0. The van der Waals surface area contributed by atoms with Crippen LogP contribution in [0.2, 0.25) is 0 Å². The number of rotatable bonds is 3. The van der Waals surface area contributed by atoms with Crippen LogP contribution in [-0.2, 0) is 0 Å². The Morgan fingerprint density at radius 2 is 1.73 bits per heavy atom. The highest BCUT2D eigenvalue weighted by molar-refractivity contribution is 5.35. The van der Waals surface area contributed by atoms with Gasteiger partial charge in [0.2, 0.25) is 0 Å². The molecule has 0 aromatic heterocycles. The Morgan fingerprint density at radius 1 is 0.923 bits per heavy atom. The van der Waals surface area contributed by atoms with Crippen LogP contribution in [0.25, 0.3) is 0 Å². The first-order valence-corrected chi connectivity index (χ1v) is 11.2. The van der Waals surface area contributed by atoms with Crippen molar-refractivity contribution in [2.24, 2.45) is 35.5 Å². The van der Waals surface area contributed by atoms with Gasteiger partial charge in [0.1, 0.15) is 11.4 Å². The van der Waals surface area contributed by atoms with Crippen molar-refractivity contribution in [2.75, 3.05) is 0 Å². The van der Waals surface area contributed by atoms with Gasteiger partial charge in [0.05, 0.1) is 0 Å². The Hall–Kier alpha value is -1.24. The van der Waals surface area contributed by atoms with Crippen LogP contribution >= 0.6 is 0 Å². The van der Waals surface area contributed by atoms with Crippen LogP contribution in [0, 0.1) is 35.5 Å². The fourth-order valence-electron chi connectivity index (χ4n) is 7.89. The maximum Gasteiger partial charge on any atom is 0.120 e. The monoisotopic (exact) mass is 348 g/mol. The standard InChI is InChI=1S/C25H32O/c1-25(10-3-2-4-11-25)26-20-7-5-6-16(13-20)21-14-19-15-22(21)24-18-9-8-17(12-18)23(19)24/h5-9,13,17-19,21-24H,2-4,10-12,14-15H2,1H3. The van der Waals surface area contributed by atoms with E-state index in [1.54, 1.807) is 5.56 Å². The Labute approximate surface area is 158 Å². The van der Waals surface area contributed by atoms with Gasteiger partial charge in [-0.05, 0) is 111 Å². The molecule has 138 valence electrons. The second-order valence-corrected chi connectivity index (χ2v) is 10.3. The summed E-state index contributed by atoms with van der Waals surface area (Å²) in [5.41, 5.74) is 1.63. The van der Waals surface area contributed by atoms with Crippen molar-refractivity contribution < 1.29 is 4.74 Å². The van der Waals surface area contributed by atoms with Crippen LogP contribution in [0.3, 0.4) is 0 Å². The first-order chi connectivity index (χ1) is 12.7. The second-order valence-electron chi connectivity index (χ2n) is 10.3. The lowest BCUT2D eigenvalue weighted by atomic mass is 9.68. The van der Waals surface area contributed by atoms with Crippen molar-refractivity contribution >= 4 is 0 Å².